The minimum Gasteiger partial charge on any atom is -0.481 e. The van der Waals surface area contributed by atoms with E-state index >= 15 is 0 Å². The Morgan fingerprint density at radius 2 is 1.73 bits per heavy atom. The Hall–Kier alpha value is -1.93. The Bertz CT molecular complexity index is 784. The Morgan fingerprint density at radius 1 is 1.15 bits per heavy atom. The zero-order chi connectivity index (χ0) is 19.7. The van der Waals surface area contributed by atoms with Crippen molar-refractivity contribution in [2.24, 2.45) is 23.2 Å². The molecule has 3 N–H and O–H groups in total. The maximum absolute atomic E-state index is 12.2. The van der Waals surface area contributed by atoms with Crippen LogP contribution in [0, 0.1) is 23.2 Å². The molecule has 1 aliphatic rings. The molecule has 1 saturated carbocycles. The second kappa shape index (κ2) is 7.36. The number of hydrogen-bond donors (Lipinski definition) is 3. The predicted molar refractivity (Wildman–Crippen MR) is 96.7 cm³/mol. The summed E-state index contributed by atoms with van der Waals surface area (Å²) in [5, 5.41) is 11.9. The van der Waals surface area contributed by atoms with Crippen molar-refractivity contribution in [1.82, 2.24) is 10.0 Å². The standard InChI is InChI=1S/C18H26N2O5S/c1-11(2)9-20-26(24,25)13-7-5-12(6-8-13)10-19-16(21)14-15(17(22)23)18(14,3)4/h5-8,11,14-15,20H,9-10H2,1-4H3,(H,19,21)(H,22,23)/t14-,15+/m0/s1. The van der Waals surface area contributed by atoms with Gasteiger partial charge < -0.3 is 10.4 Å². The molecule has 0 unspecified atom stereocenters. The highest BCUT2D eigenvalue weighted by atomic mass is 32.2. The molecular weight excluding hydrogens is 356 g/mol. The first-order valence-corrected chi connectivity index (χ1v) is 10.0. The second-order valence-corrected chi connectivity index (χ2v) is 9.49. The molecule has 26 heavy (non-hydrogen) atoms. The number of benzene rings is 1. The molecule has 1 aliphatic carbocycles. The highest BCUT2D eigenvalue weighted by Gasteiger charge is 2.65. The van der Waals surface area contributed by atoms with Crippen LogP contribution in [0.3, 0.4) is 0 Å². The molecule has 144 valence electrons. The number of carboxylic acid groups (broad SMARTS) is 1. The van der Waals surface area contributed by atoms with Crippen molar-refractivity contribution in [3.8, 4) is 0 Å². The maximum atomic E-state index is 12.2. The van der Waals surface area contributed by atoms with E-state index in [1.54, 1.807) is 26.0 Å². The highest BCUT2D eigenvalue weighted by molar-refractivity contribution is 7.89. The summed E-state index contributed by atoms with van der Waals surface area (Å²) in [5.74, 6) is -2.25. The molecule has 1 amide bonds. The minimum atomic E-state index is -3.54. The lowest BCUT2D eigenvalue weighted by Gasteiger charge is -2.10. The van der Waals surface area contributed by atoms with Gasteiger partial charge in [-0.25, -0.2) is 13.1 Å². The van der Waals surface area contributed by atoms with Gasteiger partial charge in [-0.15, -0.1) is 0 Å². The van der Waals surface area contributed by atoms with Gasteiger partial charge in [0.25, 0.3) is 0 Å². The van der Waals surface area contributed by atoms with Gasteiger partial charge in [0.15, 0.2) is 0 Å². The van der Waals surface area contributed by atoms with E-state index in [2.05, 4.69) is 10.0 Å². The van der Waals surface area contributed by atoms with Crippen LogP contribution in [0.15, 0.2) is 29.2 Å². The lowest BCUT2D eigenvalue weighted by Crippen LogP contribution is -2.28. The van der Waals surface area contributed by atoms with Crippen LogP contribution in [-0.2, 0) is 26.2 Å². The topological polar surface area (TPSA) is 113 Å². The molecule has 2 rings (SSSR count). The van der Waals surface area contributed by atoms with E-state index in [0.717, 1.165) is 5.56 Å². The van der Waals surface area contributed by atoms with Crippen LogP contribution >= 0.6 is 0 Å². The van der Waals surface area contributed by atoms with Gasteiger partial charge in [0, 0.05) is 13.1 Å². The number of carbonyl (C=O) groups excluding carboxylic acids is 1. The molecule has 1 aromatic carbocycles. The van der Waals surface area contributed by atoms with E-state index < -0.39 is 33.2 Å². The van der Waals surface area contributed by atoms with Crippen LogP contribution < -0.4 is 10.0 Å². The molecule has 0 heterocycles. The van der Waals surface area contributed by atoms with Crippen LogP contribution in [0.25, 0.3) is 0 Å². The number of carboxylic acids is 1. The molecule has 0 spiro atoms. The van der Waals surface area contributed by atoms with Crippen LogP contribution in [-0.4, -0.2) is 31.9 Å². The summed E-state index contributed by atoms with van der Waals surface area (Å²) >= 11 is 0. The minimum absolute atomic E-state index is 0.169. The molecular formula is C18H26N2O5S. The van der Waals surface area contributed by atoms with Crippen LogP contribution in [0.1, 0.15) is 33.3 Å². The third kappa shape index (κ3) is 4.42. The summed E-state index contributed by atoms with van der Waals surface area (Å²) in [4.78, 5) is 23.5. The fourth-order valence-electron chi connectivity index (χ4n) is 3.03. The van der Waals surface area contributed by atoms with Crippen molar-refractivity contribution >= 4 is 21.9 Å². The number of sulfonamides is 1. The quantitative estimate of drug-likeness (QED) is 0.632. The number of amides is 1. The lowest BCUT2D eigenvalue weighted by atomic mass is 10.1. The second-order valence-electron chi connectivity index (χ2n) is 7.72. The normalized spacial score (nSPS) is 21.4. The molecule has 2 atom stereocenters. The Kier molecular flexibility index (Phi) is 5.77. The zero-order valence-electron chi connectivity index (χ0n) is 15.4. The molecule has 7 nitrogen and oxygen atoms in total. The first kappa shape index (κ1) is 20.4. The van der Waals surface area contributed by atoms with Gasteiger partial charge >= 0.3 is 5.97 Å². The van der Waals surface area contributed by atoms with Crippen molar-refractivity contribution in [2.75, 3.05) is 6.54 Å². The summed E-state index contributed by atoms with van der Waals surface area (Å²) in [6.45, 7) is 7.95. The van der Waals surface area contributed by atoms with Gasteiger partial charge in [0.05, 0.1) is 16.7 Å². The monoisotopic (exact) mass is 382 g/mol. The summed E-state index contributed by atoms with van der Waals surface area (Å²) in [6.07, 6.45) is 0. The van der Waals surface area contributed by atoms with E-state index in [1.807, 2.05) is 13.8 Å². The zero-order valence-corrected chi connectivity index (χ0v) is 16.3. The average molecular weight is 382 g/mol. The largest absolute Gasteiger partial charge is 0.481 e. The van der Waals surface area contributed by atoms with E-state index in [9.17, 15) is 18.0 Å². The molecule has 0 radical (unpaired) electrons. The van der Waals surface area contributed by atoms with Crippen molar-refractivity contribution < 1.29 is 23.1 Å². The van der Waals surface area contributed by atoms with E-state index in [-0.39, 0.29) is 23.3 Å². The summed E-state index contributed by atoms with van der Waals surface area (Å²) < 4.78 is 26.8. The fourth-order valence-corrected chi connectivity index (χ4v) is 4.25. The van der Waals surface area contributed by atoms with Gasteiger partial charge in [-0.1, -0.05) is 39.8 Å². The van der Waals surface area contributed by atoms with E-state index in [4.69, 9.17) is 5.11 Å². The number of hydrogen-bond acceptors (Lipinski definition) is 4. The summed E-state index contributed by atoms with van der Waals surface area (Å²) in [7, 11) is -3.54. The molecule has 0 aliphatic heterocycles. The van der Waals surface area contributed by atoms with Crippen LogP contribution in [0.2, 0.25) is 0 Å². The molecule has 0 saturated heterocycles. The Balaban J connectivity index is 1.94. The molecule has 1 fully saturated rings. The molecule has 8 heteroatoms. The third-order valence-electron chi connectivity index (χ3n) is 4.76. The first-order valence-electron chi connectivity index (χ1n) is 8.56. The highest BCUT2D eigenvalue weighted by Crippen LogP contribution is 2.58. The average Bonchev–Trinajstić information content (AvgIpc) is 3.14. The number of nitrogens with one attached hydrogen (secondary N) is 2. The van der Waals surface area contributed by atoms with Crippen molar-refractivity contribution in [2.45, 2.75) is 39.1 Å². The Labute approximate surface area is 154 Å². The van der Waals surface area contributed by atoms with Crippen molar-refractivity contribution in [3.63, 3.8) is 0 Å². The number of carbonyl (C=O) groups is 2. The van der Waals surface area contributed by atoms with Crippen molar-refractivity contribution in [3.05, 3.63) is 29.8 Å². The summed E-state index contributed by atoms with van der Waals surface area (Å²) in [5.41, 5.74) is 0.196. The Morgan fingerprint density at radius 3 is 2.19 bits per heavy atom. The van der Waals surface area contributed by atoms with Crippen LogP contribution in [0.5, 0.6) is 0 Å². The van der Waals surface area contributed by atoms with Gasteiger partial charge in [-0.2, -0.15) is 0 Å². The molecule has 0 bridgehead atoms. The van der Waals surface area contributed by atoms with E-state index in [1.165, 1.54) is 12.1 Å². The van der Waals surface area contributed by atoms with Gasteiger partial charge in [0.1, 0.15) is 0 Å². The fraction of sp³-hybridized carbons (Fsp3) is 0.556. The first-order chi connectivity index (χ1) is 12.0. The third-order valence-corrected chi connectivity index (χ3v) is 6.20. The number of aliphatic carboxylic acids is 1. The van der Waals surface area contributed by atoms with Crippen LogP contribution in [0.4, 0.5) is 0 Å². The lowest BCUT2D eigenvalue weighted by molar-refractivity contribution is -0.140. The SMILES string of the molecule is CC(C)CNS(=O)(=O)c1ccc(CNC(=O)[C@@H]2[C@H](C(=O)O)C2(C)C)cc1. The summed E-state index contributed by atoms with van der Waals surface area (Å²) in [6, 6.07) is 6.25. The van der Waals surface area contributed by atoms with Gasteiger partial charge in [-0.3, -0.25) is 9.59 Å². The smallest absolute Gasteiger partial charge is 0.307 e. The maximum Gasteiger partial charge on any atom is 0.307 e. The molecule has 0 aromatic heterocycles. The molecule has 1 aromatic rings. The van der Waals surface area contributed by atoms with Gasteiger partial charge in [0.2, 0.25) is 15.9 Å². The van der Waals surface area contributed by atoms with Gasteiger partial charge in [-0.05, 0) is 29.0 Å². The van der Waals surface area contributed by atoms with Crippen molar-refractivity contribution in [1.29, 1.82) is 0 Å². The predicted octanol–water partition coefficient (Wildman–Crippen LogP) is 1.59. The van der Waals surface area contributed by atoms with E-state index in [0.29, 0.717) is 6.54 Å². The number of rotatable bonds is 8.